The second-order valence-corrected chi connectivity index (χ2v) is 8.33. The molecule has 1 saturated heterocycles. The normalized spacial score (nSPS) is 15.9. The van der Waals surface area contributed by atoms with Gasteiger partial charge in [-0.25, -0.2) is 9.97 Å². The lowest BCUT2D eigenvalue weighted by Gasteiger charge is -2.35. The predicted octanol–water partition coefficient (Wildman–Crippen LogP) is 2.87. The number of thiophene rings is 1. The highest BCUT2D eigenvalue weighted by Gasteiger charge is 2.24. The molecular formula is C21H22N4O3S. The SMILES string of the molecule is CCc1cc2c(N3CCN(C(=O)Cc4ccc5c(c4)OCO5)CC3)ncnc2s1. The van der Waals surface area contributed by atoms with Crippen LogP contribution in [0, 0.1) is 0 Å². The van der Waals surface area contributed by atoms with Gasteiger partial charge in [-0.1, -0.05) is 13.0 Å². The van der Waals surface area contributed by atoms with Crippen LogP contribution in [-0.2, 0) is 17.6 Å². The molecular weight excluding hydrogens is 388 g/mol. The van der Waals surface area contributed by atoms with E-state index in [1.807, 2.05) is 23.1 Å². The number of aryl methyl sites for hydroxylation is 1. The van der Waals surface area contributed by atoms with Crippen molar-refractivity contribution >= 4 is 33.3 Å². The highest BCUT2D eigenvalue weighted by Crippen LogP contribution is 2.33. The maximum Gasteiger partial charge on any atom is 0.231 e. The molecule has 1 amide bonds. The standard InChI is InChI=1S/C21H22N4O3S/c1-2-15-11-16-20(22-12-23-21(16)29-15)25-7-5-24(6-8-25)19(26)10-14-3-4-17-18(9-14)28-13-27-17/h3-4,9,11-12H,2,5-8,10,13H2,1H3. The molecule has 0 radical (unpaired) electrons. The molecule has 1 aromatic carbocycles. The van der Waals surface area contributed by atoms with E-state index in [-0.39, 0.29) is 12.7 Å². The van der Waals surface area contributed by atoms with E-state index in [0.717, 1.165) is 52.6 Å². The Morgan fingerprint density at radius 3 is 2.76 bits per heavy atom. The van der Waals surface area contributed by atoms with Crippen molar-refractivity contribution in [2.75, 3.05) is 37.9 Å². The van der Waals surface area contributed by atoms with Gasteiger partial charge in [0.1, 0.15) is 17.0 Å². The Hall–Kier alpha value is -2.87. The average molecular weight is 410 g/mol. The van der Waals surface area contributed by atoms with Gasteiger partial charge in [0.05, 0.1) is 11.8 Å². The molecule has 7 nitrogen and oxygen atoms in total. The molecule has 150 valence electrons. The van der Waals surface area contributed by atoms with Crippen LogP contribution < -0.4 is 14.4 Å². The van der Waals surface area contributed by atoms with Gasteiger partial charge < -0.3 is 19.3 Å². The Morgan fingerprint density at radius 2 is 1.93 bits per heavy atom. The van der Waals surface area contributed by atoms with Crippen LogP contribution in [0.25, 0.3) is 10.2 Å². The van der Waals surface area contributed by atoms with E-state index in [2.05, 4.69) is 27.9 Å². The van der Waals surface area contributed by atoms with Crippen LogP contribution in [0.15, 0.2) is 30.6 Å². The maximum absolute atomic E-state index is 12.8. The van der Waals surface area contributed by atoms with Gasteiger partial charge in [0.2, 0.25) is 12.7 Å². The predicted molar refractivity (Wildman–Crippen MR) is 112 cm³/mol. The topological polar surface area (TPSA) is 67.8 Å². The Morgan fingerprint density at radius 1 is 1.10 bits per heavy atom. The minimum absolute atomic E-state index is 0.139. The second-order valence-electron chi connectivity index (χ2n) is 7.21. The highest BCUT2D eigenvalue weighted by atomic mass is 32.1. The second kappa shape index (κ2) is 7.51. The molecule has 8 heteroatoms. The minimum Gasteiger partial charge on any atom is -0.454 e. The third-order valence-electron chi connectivity index (χ3n) is 5.43. The first kappa shape index (κ1) is 18.2. The Kier molecular flexibility index (Phi) is 4.71. The third kappa shape index (κ3) is 3.48. The summed E-state index contributed by atoms with van der Waals surface area (Å²) < 4.78 is 10.7. The molecule has 4 heterocycles. The molecule has 0 bridgehead atoms. The molecule has 1 fully saturated rings. The zero-order chi connectivity index (χ0) is 19.8. The molecule has 0 unspecified atom stereocenters. The molecule has 3 aromatic rings. The number of nitrogens with zero attached hydrogens (tertiary/aromatic N) is 4. The average Bonchev–Trinajstić information content (AvgIpc) is 3.39. The van der Waals surface area contributed by atoms with Crippen molar-refractivity contribution in [1.29, 1.82) is 0 Å². The molecule has 2 aliphatic heterocycles. The monoisotopic (exact) mass is 410 g/mol. The lowest BCUT2D eigenvalue weighted by atomic mass is 10.1. The molecule has 5 rings (SSSR count). The van der Waals surface area contributed by atoms with Crippen molar-refractivity contribution < 1.29 is 14.3 Å². The fourth-order valence-corrected chi connectivity index (χ4v) is 4.75. The smallest absolute Gasteiger partial charge is 0.231 e. The van der Waals surface area contributed by atoms with Gasteiger partial charge in [0.15, 0.2) is 11.5 Å². The van der Waals surface area contributed by atoms with Crippen LogP contribution in [0.2, 0.25) is 0 Å². The summed E-state index contributed by atoms with van der Waals surface area (Å²) in [7, 11) is 0. The van der Waals surface area contributed by atoms with Crippen molar-refractivity contribution in [3.63, 3.8) is 0 Å². The van der Waals surface area contributed by atoms with E-state index < -0.39 is 0 Å². The number of carbonyl (C=O) groups excluding carboxylic acids is 1. The van der Waals surface area contributed by atoms with Gasteiger partial charge in [0.25, 0.3) is 0 Å². The summed E-state index contributed by atoms with van der Waals surface area (Å²) in [6.07, 6.45) is 3.02. The summed E-state index contributed by atoms with van der Waals surface area (Å²) in [6.45, 7) is 5.34. The van der Waals surface area contributed by atoms with Crippen LogP contribution in [0.5, 0.6) is 11.5 Å². The van der Waals surface area contributed by atoms with Crippen molar-refractivity contribution in [2.24, 2.45) is 0 Å². The van der Waals surface area contributed by atoms with Crippen molar-refractivity contribution in [3.8, 4) is 11.5 Å². The molecule has 0 aliphatic carbocycles. The number of hydrogen-bond acceptors (Lipinski definition) is 7. The van der Waals surface area contributed by atoms with E-state index in [1.165, 1.54) is 4.88 Å². The Labute approximate surface area is 172 Å². The number of anilines is 1. The van der Waals surface area contributed by atoms with E-state index in [1.54, 1.807) is 17.7 Å². The number of hydrogen-bond donors (Lipinski definition) is 0. The summed E-state index contributed by atoms with van der Waals surface area (Å²) in [5, 5.41) is 1.12. The Balaban J connectivity index is 1.24. The minimum atomic E-state index is 0.139. The molecule has 2 aliphatic rings. The van der Waals surface area contributed by atoms with Crippen molar-refractivity contribution in [2.45, 2.75) is 19.8 Å². The van der Waals surface area contributed by atoms with Crippen LogP contribution in [-0.4, -0.2) is 53.7 Å². The van der Waals surface area contributed by atoms with Gasteiger partial charge >= 0.3 is 0 Å². The van der Waals surface area contributed by atoms with Crippen molar-refractivity contribution in [1.82, 2.24) is 14.9 Å². The van der Waals surface area contributed by atoms with Gasteiger partial charge in [-0.3, -0.25) is 4.79 Å². The number of carbonyl (C=O) groups is 1. The van der Waals surface area contributed by atoms with E-state index in [0.29, 0.717) is 19.5 Å². The summed E-state index contributed by atoms with van der Waals surface area (Å²) in [6, 6.07) is 7.90. The lowest BCUT2D eigenvalue weighted by Crippen LogP contribution is -2.49. The van der Waals surface area contributed by atoms with E-state index in [9.17, 15) is 4.79 Å². The molecule has 0 saturated carbocycles. The Bertz CT molecular complexity index is 1060. The maximum atomic E-state index is 12.8. The van der Waals surface area contributed by atoms with Crippen molar-refractivity contribution in [3.05, 3.63) is 41.0 Å². The fourth-order valence-electron chi connectivity index (χ4n) is 3.82. The number of amides is 1. The number of aromatic nitrogens is 2. The lowest BCUT2D eigenvalue weighted by molar-refractivity contribution is -0.130. The number of fused-ring (bicyclic) bond motifs is 2. The number of piperazine rings is 1. The molecule has 29 heavy (non-hydrogen) atoms. The van der Waals surface area contributed by atoms with Gasteiger partial charge in [-0.2, -0.15) is 0 Å². The summed E-state index contributed by atoms with van der Waals surface area (Å²) in [4.78, 5) is 28.3. The number of benzene rings is 1. The summed E-state index contributed by atoms with van der Waals surface area (Å²) in [5.74, 6) is 2.58. The van der Waals surface area contributed by atoms with Crippen LogP contribution in [0.3, 0.4) is 0 Å². The fraction of sp³-hybridized carbons (Fsp3) is 0.381. The molecule has 0 N–H and O–H groups in total. The summed E-state index contributed by atoms with van der Waals surface area (Å²) >= 11 is 1.73. The van der Waals surface area contributed by atoms with E-state index in [4.69, 9.17) is 9.47 Å². The first-order valence-electron chi connectivity index (χ1n) is 9.86. The van der Waals surface area contributed by atoms with Gasteiger partial charge in [0, 0.05) is 31.1 Å². The zero-order valence-electron chi connectivity index (χ0n) is 16.3. The van der Waals surface area contributed by atoms with Gasteiger partial charge in [-0.15, -0.1) is 11.3 Å². The van der Waals surface area contributed by atoms with Crippen LogP contribution in [0.4, 0.5) is 5.82 Å². The zero-order valence-corrected chi connectivity index (χ0v) is 17.1. The quantitative estimate of drug-likeness (QED) is 0.659. The first-order chi connectivity index (χ1) is 14.2. The largest absolute Gasteiger partial charge is 0.454 e. The van der Waals surface area contributed by atoms with Crippen LogP contribution in [0.1, 0.15) is 17.4 Å². The number of rotatable bonds is 4. The van der Waals surface area contributed by atoms with Crippen LogP contribution >= 0.6 is 11.3 Å². The van der Waals surface area contributed by atoms with E-state index >= 15 is 0 Å². The number of ether oxygens (including phenoxy) is 2. The third-order valence-corrected chi connectivity index (χ3v) is 6.62. The molecule has 0 spiro atoms. The molecule has 0 atom stereocenters. The summed E-state index contributed by atoms with van der Waals surface area (Å²) in [5.41, 5.74) is 0.949. The van der Waals surface area contributed by atoms with Gasteiger partial charge in [-0.05, 0) is 30.2 Å². The molecule has 2 aromatic heterocycles. The first-order valence-corrected chi connectivity index (χ1v) is 10.7. The highest BCUT2D eigenvalue weighted by molar-refractivity contribution is 7.18.